The highest BCUT2D eigenvalue weighted by atomic mass is 16.3. The van der Waals surface area contributed by atoms with Gasteiger partial charge in [0, 0.05) is 23.7 Å². The van der Waals surface area contributed by atoms with Crippen molar-refractivity contribution in [2.24, 2.45) is 0 Å². The zero-order valence-corrected chi connectivity index (χ0v) is 12.3. The molecule has 2 N–H and O–H groups in total. The molecule has 0 aromatic heterocycles. The average Bonchev–Trinajstić information content (AvgIpc) is 3.05. The SMILES string of the molecule is CCCN(C(C)C)C1CCC(CO)(NC2CC2)C1. The molecule has 106 valence electrons. The third-order valence-electron chi connectivity index (χ3n) is 4.59. The van der Waals surface area contributed by atoms with Crippen molar-refractivity contribution in [2.75, 3.05) is 13.2 Å². The number of hydrogen-bond donors (Lipinski definition) is 2. The second kappa shape index (κ2) is 5.89. The number of hydrogen-bond acceptors (Lipinski definition) is 3. The molecule has 2 aliphatic carbocycles. The van der Waals surface area contributed by atoms with Crippen molar-refractivity contribution in [3.05, 3.63) is 0 Å². The van der Waals surface area contributed by atoms with Gasteiger partial charge in [-0.3, -0.25) is 4.90 Å². The molecule has 0 aliphatic heterocycles. The summed E-state index contributed by atoms with van der Waals surface area (Å²) in [5.74, 6) is 0. The van der Waals surface area contributed by atoms with E-state index in [1.165, 1.54) is 32.2 Å². The lowest BCUT2D eigenvalue weighted by atomic mass is 9.98. The molecule has 0 saturated heterocycles. The molecule has 2 saturated carbocycles. The Morgan fingerprint density at radius 3 is 2.56 bits per heavy atom. The first-order valence-electron chi connectivity index (χ1n) is 7.74. The molecule has 3 heteroatoms. The second-order valence-corrected chi connectivity index (χ2v) is 6.59. The van der Waals surface area contributed by atoms with Crippen LogP contribution in [-0.2, 0) is 0 Å². The summed E-state index contributed by atoms with van der Waals surface area (Å²) in [6, 6.07) is 1.96. The van der Waals surface area contributed by atoms with E-state index in [0.29, 0.717) is 24.7 Å². The van der Waals surface area contributed by atoms with Crippen LogP contribution in [0.15, 0.2) is 0 Å². The summed E-state index contributed by atoms with van der Waals surface area (Å²) < 4.78 is 0. The highest BCUT2D eigenvalue weighted by molar-refractivity contribution is 5.03. The number of aliphatic hydroxyl groups is 1. The third kappa shape index (κ3) is 3.25. The van der Waals surface area contributed by atoms with E-state index in [1.54, 1.807) is 0 Å². The Kier molecular flexibility index (Phi) is 4.68. The van der Waals surface area contributed by atoms with Crippen molar-refractivity contribution in [3.8, 4) is 0 Å². The van der Waals surface area contributed by atoms with Crippen molar-refractivity contribution in [2.45, 2.75) is 83.0 Å². The van der Waals surface area contributed by atoms with Gasteiger partial charge in [0.15, 0.2) is 0 Å². The molecule has 2 aliphatic rings. The maximum atomic E-state index is 9.78. The molecular formula is C15H30N2O. The number of nitrogens with one attached hydrogen (secondary N) is 1. The lowest BCUT2D eigenvalue weighted by Crippen LogP contribution is -2.49. The standard InChI is InChI=1S/C15H30N2O/c1-4-9-17(12(2)3)14-7-8-15(10-14,11-18)16-13-5-6-13/h12-14,16,18H,4-11H2,1-3H3. The fraction of sp³-hybridized carbons (Fsp3) is 1.00. The summed E-state index contributed by atoms with van der Waals surface area (Å²) in [6.07, 6.45) is 7.32. The maximum absolute atomic E-state index is 9.78. The Morgan fingerprint density at radius 2 is 2.06 bits per heavy atom. The van der Waals surface area contributed by atoms with Crippen LogP contribution in [-0.4, -0.2) is 46.8 Å². The van der Waals surface area contributed by atoms with E-state index in [4.69, 9.17) is 0 Å². The van der Waals surface area contributed by atoms with Crippen molar-refractivity contribution in [1.29, 1.82) is 0 Å². The Bertz CT molecular complexity index is 265. The summed E-state index contributed by atoms with van der Waals surface area (Å²) in [5.41, 5.74) is 0.0206. The molecule has 0 heterocycles. The van der Waals surface area contributed by atoms with Crippen LogP contribution in [0.1, 0.15) is 59.3 Å². The largest absolute Gasteiger partial charge is 0.394 e. The molecule has 2 rings (SSSR count). The van der Waals surface area contributed by atoms with Crippen LogP contribution in [0.4, 0.5) is 0 Å². The zero-order valence-electron chi connectivity index (χ0n) is 12.3. The normalized spacial score (nSPS) is 32.7. The summed E-state index contributed by atoms with van der Waals surface area (Å²) in [6.45, 7) is 8.34. The molecule has 0 aromatic carbocycles. The molecular weight excluding hydrogens is 224 g/mol. The predicted molar refractivity (Wildman–Crippen MR) is 75.7 cm³/mol. The minimum Gasteiger partial charge on any atom is -0.394 e. The molecule has 0 amide bonds. The fourth-order valence-electron chi connectivity index (χ4n) is 3.48. The maximum Gasteiger partial charge on any atom is 0.0614 e. The summed E-state index contributed by atoms with van der Waals surface area (Å²) in [4.78, 5) is 2.63. The van der Waals surface area contributed by atoms with Crippen LogP contribution >= 0.6 is 0 Å². The quantitative estimate of drug-likeness (QED) is 0.731. The smallest absolute Gasteiger partial charge is 0.0614 e. The van der Waals surface area contributed by atoms with Gasteiger partial charge in [-0.25, -0.2) is 0 Å². The number of rotatable bonds is 7. The lowest BCUT2D eigenvalue weighted by Gasteiger charge is -2.35. The van der Waals surface area contributed by atoms with E-state index in [1.807, 2.05) is 0 Å². The first-order chi connectivity index (χ1) is 8.60. The van der Waals surface area contributed by atoms with Crippen LogP contribution in [0.5, 0.6) is 0 Å². The van der Waals surface area contributed by atoms with E-state index in [-0.39, 0.29) is 5.54 Å². The van der Waals surface area contributed by atoms with Crippen LogP contribution in [0.25, 0.3) is 0 Å². The van der Waals surface area contributed by atoms with Crippen molar-refractivity contribution < 1.29 is 5.11 Å². The monoisotopic (exact) mass is 254 g/mol. The second-order valence-electron chi connectivity index (χ2n) is 6.59. The molecule has 0 bridgehead atoms. The fourth-order valence-corrected chi connectivity index (χ4v) is 3.48. The molecule has 0 radical (unpaired) electrons. The summed E-state index contributed by atoms with van der Waals surface area (Å²) in [7, 11) is 0. The topological polar surface area (TPSA) is 35.5 Å². The van der Waals surface area contributed by atoms with E-state index in [0.717, 1.165) is 12.8 Å². The van der Waals surface area contributed by atoms with E-state index >= 15 is 0 Å². The first-order valence-corrected chi connectivity index (χ1v) is 7.74. The first kappa shape index (κ1) is 14.3. The van der Waals surface area contributed by atoms with Crippen LogP contribution in [0.2, 0.25) is 0 Å². The van der Waals surface area contributed by atoms with Crippen molar-refractivity contribution in [3.63, 3.8) is 0 Å². The van der Waals surface area contributed by atoms with E-state index in [9.17, 15) is 5.11 Å². The lowest BCUT2D eigenvalue weighted by molar-refractivity contribution is 0.124. The van der Waals surface area contributed by atoms with Gasteiger partial charge < -0.3 is 10.4 Å². The molecule has 2 atom stereocenters. The van der Waals surface area contributed by atoms with Gasteiger partial charge in [0.05, 0.1) is 6.61 Å². The number of aliphatic hydroxyl groups excluding tert-OH is 1. The van der Waals surface area contributed by atoms with Gasteiger partial charge in [-0.05, 0) is 58.9 Å². The van der Waals surface area contributed by atoms with Gasteiger partial charge in [-0.1, -0.05) is 6.92 Å². The Morgan fingerprint density at radius 1 is 1.33 bits per heavy atom. The summed E-state index contributed by atoms with van der Waals surface area (Å²) >= 11 is 0. The Labute approximate surface area is 112 Å². The van der Waals surface area contributed by atoms with Crippen LogP contribution in [0.3, 0.4) is 0 Å². The molecule has 18 heavy (non-hydrogen) atoms. The molecule has 2 unspecified atom stereocenters. The van der Waals surface area contributed by atoms with Gasteiger partial charge in [0.2, 0.25) is 0 Å². The molecule has 3 nitrogen and oxygen atoms in total. The molecule has 0 spiro atoms. The number of nitrogens with zero attached hydrogens (tertiary/aromatic N) is 1. The van der Waals surface area contributed by atoms with Crippen LogP contribution in [0, 0.1) is 0 Å². The third-order valence-corrected chi connectivity index (χ3v) is 4.59. The highest BCUT2D eigenvalue weighted by Crippen LogP contribution is 2.36. The van der Waals surface area contributed by atoms with E-state index in [2.05, 4.69) is 31.0 Å². The molecule has 2 fully saturated rings. The van der Waals surface area contributed by atoms with Crippen molar-refractivity contribution in [1.82, 2.24) is 10.2 Å². The average molecular weight is 254 g/mol. The van der Waals surface area contributed by atoms with E-state index < -0.39 is 0 Å². The Hall–Kier alpha value is -0.120. The zero-order chi connectivity index (χ0) is 13.2. The molecule has 0 aromatic rings. The minimum absolute atomic E-state index is 0.0206. The van der Waals surface area contributed by atoms with Gasteiger partial charge in [0.25, 0.3) is 0 Å². The van der Waals surface area contributed by atoms with Gasteiger partial charge in [0.1, 0.15) is 0 Å². The Balaban J connectivity index is 1.95. The van der Waals surface area contributed by atoms with Crippen LogP contribution < -0.4 is 5.32 Å². The van der Waals surface area contributed by atoms with Gasteiger partial charge >= 0.3 is 0 Å². The van der Waals surface area contributed by atoms with Gasteiger partial charge in [-0.2, -0.15) is 0 Å². The van der Waals surface area contributed by atoms with Crippen molar-refractivity contribution >= 4 is 0 Å². The van der Waals surface area contributed by atoms with Gasteiger partial charge in [-0.15, -0.1) is 0 Å². The minimum atomic E-state index is 0.0206. The summed E-state index contributed by atoms with van der Waals surface area (Å²) in [5, 5.41) is 13.5. The predicted octanol–water partition coefficient (Wildman–Crippen LogP) is 2.14. The highest BCUT2D eigenvalue weighted by Gasteiger charge is 2.43.